The van der Waals surface area contributed by atoms with Gasteiger partial charge in [0.15, 0.2) is 6.61 Å². The summed E-state index contributed by atoms with van der Waals surface area (Å²) in [5.74, 6) is 0.0834. The van der Waals surface area contributed by atoms with Crippen LogP contribution in [0.15, 0.2) is 42.6 Å². The number of carbonyl (C=O) groups excluding carboxylic acids is 2. The highest BCUT2D eigenvalue weighted by Crippen LogP contribution is 2.32. The SMILES string of the molecule is O=C(NCCOCC1CC1)c1ccc2nn(CC3CCN(C(=O)c4ccc(Cl)cc4)CC3)cc2c1OCC(F)(F)F. The van der Waals surface area contributed by atoms with Gasteiger partial charge in [0, 0.05) is 49.6 Å². The molecule has 2 amide bonds. The number of rotatable bonds is 11. The first-order valence-corrected chi connectivity index (χ1v) is 14.1. The monoisotopic (exact) mass is 592 g/mol. The number of hydrogen-bond acceptors (Lipinski definition) is 5. The molecule has 2 aromatic carbocycles. The third-order valence-electron chi connectivity index (χ3n) is 7.33. The minimum Gasteiger partial charge on any atom is -0.483 e. The number of piperidine rings is 1. The largest absolute Gasteiger partial charge is 0.483 e. The summed E-state index contributed by atoms with van der Waals surface area (Å²) in [6.45, 7) is 1.38. The second-order valence-corrected chi connectivity index (χ2v) is 11.1. The predicted molar refractivity (Wildman–Crippen MR) is 147 cm³/mol. The zero-order valence-electron chi connectivity index (χ0n) is 22.5. The summed E-state index contributed by atoms with van der Waals surface area (Å²) in [6, 6.07) is 9.85. The Morgan fingerprint density at radius 1 is 1.02 bits per heavy atom. The summed E-state index contributed by atoms with van der Waals surface area (Å²) in [5, 5.41) is 8.15. The van der Waals surface area contributed by atoms with E-state index in [1.807, 2.05) is 4.90 Å². The summed E-state index contributed by atoms with van der Waals surface area (Å²) in [5.41, 5.74) is 1.03. The van der Waals surface area contributed by atoms with Gasteiger partial charge in [-0.25, -0.2) is 0 Å². The smallest absolute Gasteiger partial charge is 0.422 e. The van der Waals surface area contributed by atoms with Crippen molar-refractivity contribution in [3.8, 4) is 5.75 Å². The molecule has 0 radical (unpaired) electrons. The van der Waals surface area contributed by atoms with E-state index in [0.29, 0.717) is 60.3 Å². The minimum atomic E-state index is -4.57. The summed E-state index contributed by atoms with van der Waals surface area (Å²) < 4.78 is 51.6. The molecule has 220 valence electrons. The zero-order valence-corrected chi connectivity index (χ0v) is 23.2. The maximum absolute atomic E-state index is 13.1. The normalized spacial score (nSPS) is 16.2. The Kier molecular flexibility index (Phi) is 9.03. The van der Waals surface area contributed by atoms with Crippen LogP contribution < -0.4 is 10.1 Å². The maximum Gasteiger partial charge on any atom is 0.422 e. The molecule has 1 saturated heterocycles. The fraction of sp³-hybridized carbons (Fsp3) is 0.483. The first kappa shape index (κ1) is 29.2. The average molecular weight is 593 g/mol. The van der Waals surface area contributed by atoms with Gasteiger partial charge in [0.1, 0.15) is 5.75 Å². The van der Waals surface area contributed by atoms with Crippen LogP contribution in [0.4, 0.5) is 13.2 Å². The van der Waals surface area contributed by atoms with Crippen LogP contribution in [-0.2, 0) is 11.3 Å². The van der Waals surface area contributed by atoms with Crippen molar-refractivity contribution in [2.24, 2.45) is 11.8 Å². The van der Waals surface area contributed by atoms with Gasteiger partial charge in [-0.15, -0.1) is 0 Å². The highest BCUT2D eigenvalue weighted by molar-refractivity contribution is 6.30. The molecule has 1 aliphatic carbocycles. The minimum absolute atomic E-state index is 0.0116. The van der Waals surface area contributed by atoms with Crippen LogP contribution in [0.25, 0.3) is 10.9 Å². The van der Waals surface area contributed by atoms with Crippen molar-refractivity contribution in [3.63, 3.8) is 0 Å². The second-order valence-electron chi connectivity index (χ2n) is 10.6. The Hall–Kier alpha value is -3.31. The quantitative estimate of drug-likeness (QED) is 0.304. The van der Waals surface area contributed by atoms with Gasteiger partial charge in [-0.2, -0.15) is 18.3 Å². The van der Waals surface area contributed by atoms with E-state index in [2.05, 4.69) is 10.4 Å². The number of fused-ring (bicyclic) bond motifs is 1. The van der Waals surface area contributed by atoms with Crippen LogP contribution in [0.5, 0.6) is 5.75 Å². The summed E-state index contributed by atoms with van der Waals surface area (Å²) >= 11 is 5.92. The molecule has 12 heteroatoms. The lowest BCUT2D eigenvalue weighted by Gasteiger charge is -2.32. The number of aromatic nitrogens is 2. The lowest BCUT2D eigenvalue weighted by molar-refractivity contribution is -0.153. The van der Waals surface area contributed by atoms with Crippen LogP contribution in [0.3, 0.4) is 0 Å². The molecule has 2 fully saturated rings. The molecule has 1 aromatic heterocycles. The van der Waals surface area contributed by atoms with Crippen molar-refractivity contribution in [1.29, 1.82) is 0 Å². The van der Waals surface area contributed by atoms with Gasteiger partial charge in [0.2, 0.25) is 0 Å². The van der Waals surface area contributed by atoms with Crippen molar-refractivity contribution in [1.82, 2.24) is 20.0 Å². The van der Waals surface area contributed by atoms with Crippen molar-refractivity contribution >= 4 is 34.3 Å². The Morgan fingerprint density at radius 3 is 2.44 bits per heavy atom. The van der Waals surface area contributed by atoms with Crippen LogP contribution >= 0.6 is 11.6 Å². The number of ether oxygens (including phenoxy) is 2. The molecular weight excluding hydrogens is 561 g/mol. The molecule has 0 unspecified atom stereocenters. The first-order valence-electron chi connectivity index (χ1n) is 13.8. The predicted octanol–water partition coefficient (Wildman–Crippen LogP) is 5.34. The van der Waals surface area contributed by atoms with Crippen LogP contribution in [0.2, 0.25) is 5.02 Å². The Morgan fingerprint density at radius 2 is 1.76 bits per heavy atom. The van der Waals surface area contributed by atoms with E-state index in [1.165, 1.54) is 6.07 Å². The van der Waals surface area contributed by atoms with Crippen molar-refractivity contribution in [3.05, 3.63) is 58.7 Å². The summed E-state index contributed by atoms with van der Waals surface area (Å²) in [6.07, 6.45) is 0.876. The van der Waals surface area contributed by atoms with Crippen LogP contribution in [0.1, 0.15) is 46.4 Å². The number of nitrogens with zero attached hydrogens (tertiary/aromatic N) is 3. The number of benzene rings is 2. The molecular formula is C29H32ClF3N4O4. The van der Waals surface area contributed by atoms with Gasteiger partial charge in [-0.1, -0.05) is 11.6 Å². The molecule has 3 aromatic rings. The number of carbonyl (C=O) groups is 2. The number of hydrogen-bond donors (Lipinski definition) is 1. The molecule has 5 rings (SSSR count). The van der Waals surface area contributed by atoms with E-state index in [4.69, 9.17) is 21.1 Å². The fourth-order valence-corrected chi connectivity index (χ4v) is 5.05. The van der Waals surface area contributed by atoms with E-state index in [-0.39, 0.29) is 29.7 Å². The lowest BCUT2D eigenvalue weighted by atomic mass is 9.96. The van der Waals surface area contributed by atoms with Crippen LogP contribution in [0, 0.1) is 11.8 Å². The fourth-order valence-electron chi connectivity index (χ4n) is 4.92. The molecule has 0 spiro atoms. The number of likely N-dealkylation sites (tertiary alicyclic amines) is 1. The van der Waals surface area contributed by atoms with Gasteiger partial charge < -0.3 is 19.7 Å². The molecule has 1 N–H and O–H groups in total. The van der Waals surface area contributed by atoms with E-state index in [1.54, 1.807) is 41.2 Å². The van der Waals surface area contributed by atoms with Gasteiger partial charge in [-0.3, -0.25) is 14.3 Å². The molecule has 1 saturated carbocycles. The lowest BCUT2D eigenvalue weighted by Crippen LogP contribution is -2.39. The number of alkyl halides is 3. The van der Waals surface area contributed by atoms with Gasteiger partial charge in [-0.05, 0) is 73.9 Å². The van der Waals surface area contributed by atoms with Crippen molar-refractivity contribution < 1.29 is 32.2 Å². The van der Waals surface area contributed by atoms with Crippen LogP contribution in [-0.4, -0.2) is 72.1 Å². The van der Waals surface area contributed by atoms with Crippen molar-refractivity contribution in [2.75, 3.05) is 39.5 Å². The Labute approximate surface area is 240 Å². The summed E-state index contributed by atoms with van der Waals surface area (Å²) in [7, 11) is 0. The van der Waals surface area contributed by atoms with E-state index in [0.717, 1.165) is 25.7 Å². The molecule has 1 aliphatic heterocycles. The Balaban J connectivity index is 1.24. The molecule has 2 heterocycles. The third-order valence-corrected chi connectivity index (χ3v) is 7.58. The van der Waals surface area contributed by atoms with Crippen molar-refractivity contribution in [2.45, 2.75) is 38.4 Å². The number of amides is 2. The molecule has 2 aliphatic rings. The molecule has 8 nitrogen and oxygen atoms in total. The topological polar surface area (TPSA) is 85.7 Å². The third kappa shape index (κ3) is 7.91. The highest BCUT2D eigenvalue weighted by Gasteiger charge is 2.31. The maximum atomic E-state index is 13.1. The van der Waals surface area contributed by atoms with Gasteiger partial charge in [0.05, 0.1) is 23.1 Å². The number of nitrogens with one attached hydrogen (secondary N) is 1. The second kappa shape index (κ2) is 12.7. The van der Waals surface area contributed by atoms with Gasteiger partial charge in [0.25, 0.3) is 11.8 Å². The zero-order chi connectivity index (χ0) is 29.0. The highest BCUT2D eigenvalue weighted by atomic mass is 35.5. The number of halogens is 4. The average Bonchev–Trinajstić information content (AvgIpc) is 3.68. The molecule has 0 atom stereocenters. The van der Waals surface area contributed by atoms with E-state index < -0.39 is 18.7 Å². The first-order chi connectivity index (χ1) is 19.7. The van der Waals surface area contributed by atoms with Gasteiger partial charge >= 0.3 is 6.18 Å². The standard InChI is InChI=1S/C29H32ClF3N4O4/c30-22-5-3-21(4-6-22)28(39)36-12-9-19(10-13-36)15-37-16-24-25(35-37)8-7-23(26(24)41-18-29(31,32)33)27(38)34-11-14-40-17-20-1-2-20/h3-8,16,19-20H,1-2,9-15,17-18H2,(H,34,38). The van der Waals surface area contributed by atoms with E-state index >= 15 is 0 Å². The molecule has 41 heavy (non-hydrogen) atoms. The van der Waals surface area contributed by atoms with E-state index in [9.17, 15) is 22.8 Å². The Bertz CT molecular complexity index is 1370. The summed E-state index contributed by atoms with van der Waals surface area (Å²) in [4.78, 5) is 27.5. The molecule has 0 bridgehead atoms.